The molecule has 0 saturated heterocycles. The van der Waals surface area contributed by atoms with E-state index < -0.39 is 24.1 Å². The molecule has 0 saturated carbocycles. The molecule has 0 fully saturated rings. The lowest BCUT2D eigenvalue weighted by Crippen LogP contribution is -2.42. The van der Waals surface area contributed by atoms with Gasteiger partial charge in [0.25, 0.3) is 0 Å². The third kappa shape index (κ3) is 6.42. The van der Waals surface area contributed by atoms with Crippen LogP contribution in [0.3, 0.4) is 0 Å². The van der Waals surface area contributed by atoms with Crippen LogP contribution >= 0.6 is 0 Å². The van der Waals surface area contributed by atoms with Gasteiger partial charge in [0.2, 0.25) is 0 Å². The summed E-state index contributed by atoms with van der Waals surface area (Å²) in [5.41, 5.74) is 0. The van der Waals surface area contributed by atoms with Crippen molar-refractivity contribution in [3.63, 3.8) is 0 Å². The monoisotopic (exact) mass is 295 g/mol. The van der Waals surface area contributed by atoms with E-state index in [0.29, 0.717) is 5.75 Å². The Hall–Kier alpha value is -2.57. The summed E-state index contributed by atoms with van der Waals surface area (Å²) >= 11 is 0. The Bertz CT molecular complexity index is 487. The molecule has 0 aliphatic heterocycles. The summed E-state index contributed by atoms with van der Waals surface area (Å²) < 4.78 is 9.62. The average Bonchev–Trinajstić information content (AvgIpc) is 2.44. The van der Waals surface area contributed by atoms with Crippen LogP contribution in [0.25, 0.3) is 0 Å². The van der Waals surface area contributed by atoms with Crippen LogP contribution in [0, 0.1) is 0 Å². The molecule has 0 unspecified atom stereocenters. The number of ether oxygens (including phenoxy) is 2. The standard InChI is InChI=1S/C14H17NO6/c1-2-20-12(16)9-8-11(13(17)18)15-14(19)21-10-6-4-3-5-7-10/h3-7,11H,2,8-9H2,1H3,(H,15,19)(H,17,18)/t11-/m0/s1. The van der Waals surface area contributed by atoms with Gasteiger partial charge in [-0.3, -0.25) is 4.79 Å². The van der Waals surface area contributed by atoms with Crippen LogP contribution in [-0.4, -0.2) is 35.8 Å². The molecule has 0 spiro atoms. The zero-order chi connectivity index (χ0) is 15.7. The first-order valence-corrected chi connectivity index (χ1v) is 6.44. The van der Waals surface area contributed by atoms with Gasteiger partial charge in [-0.05, 0) is 25.5 Å². The van der Waals surface area contributed by atoms with Crippen molar-refractivity contribution in [2.75, 3.05) is 6.61 Å². The molecule has 1 aromatic rings. The molecule has 1 amide bonds. The lowest BCUT2D eigenvalue weighted by molar-refractivity contribution is -0.144. The summed E-state index contributed by atoms with van der Waals surface area (Å²) in [5.74, 6) is -1.46. The number of rotatable bonds is 7. The molecule has 1 aromatic carbocycles. The van der Waals surface area contributed by atoms with Crippen molar-refractivity contribution in [2.45, 2.75) is 25.8 Å². The number of carboxylic acid groups (broad SMARTS) is 1. The maximum Gasteiger partial charge on any atom is 0.413 e. The number of carbonyl (C=O) groups is 3. The van der Waals surface area contributed by atoms with Crippen molar-refractivity contribution in [1.29, 1.82) is 0 Å². The zero-order valence-corrected chi connectivity index (χ0v) is 11.6. The van der Waals surface area contributed by atoms with E-state index >= 15 is 0 Å². The largest absolute Gasteiger partial charge is 0.480 e. The second kappa shape index (κ2) is 8.57. The topological polar surface area (TPSA) is 102 Å². The predicted octanol–water partition coefficient (Wildman–Crippen LogP) is 1.57. The van der Waals surface area contributed by atoms with Crippen LogP contribution in [-0.2, 0) is 14.3 Å². The van der Waals surface area contributed by atoms with E-state index in [9.17, 15) is 14.4 Å². The number of carboxylic acids is 1. The van der Waals surface area contributed by atoms with Crippen molar-refractivity contribution in [1.82, 2.24) is 5.32 Å². The molecule has 0 aromatic heterocycles. The number of aliphatic carboxylic acids is 1. The second-order valence-corrected chi connectivity index (χ2v) is 4.08. The lowest BCUT2D eigenvalue weighted by atomic mass is 10.1. The van der Waals surface area contributed by atoms with Crippen molar-refractivity contribution in [2.24, 2.45) is 0 Å². The quantitative estimate of drug-likeness (QED) is 0.740. The third-order valence-corrected chi connectivity index (χ3v) is 2.49. The molecule has 1 rings (SSSR count). The molecular weight excluding hydrogens is 278 g/mol. The normalized spacial score (nSPS) is 11.3. The second-order valence-electron chi connectivity index (χ2n) is 4.08. The van der Waals surface area contributed by atoms with E-state index in [1.54, 1.807) is 37.3 Å². The fourth-order valence-corrected chi connectivity index (χ4v) is 1.52. The molecule has 0 aliphatic carbocycles. The van der Waals surface area contributed by atoms with Gasteiger partial charge in [0.15, 0.2) is 0 Å². The van der Waals surface area contributed by atoms with Gasteiger partial charge in [-0.25, -0.2) is 9.59 Å². The van der Waals surface area contributed by atoms with Crippen molar-refractivity contribution < 1.29 is 29.0 Å². The smallest absolute Gasteiger partial charge is 0.413 e. The number of carbonyl (C=O) groups excluding carboxylic acids is 2. The molecule has 21 heavy (non-hydrogen) atoms. The highest BCUT2D eigenvalue weighted by Gasteiger charge is 2.22. The maximum atomic E-state index is 11.6. The highest BCUT2D eigenvalue weighted by Crippen LogP contribution is 2.09. The Kier molecular flexibility index (Phi) is 6.73. The minimum atomic E-state index is -1.25. The van der Waals surface area contributed by atoms with Gasteiger partial charge in [0, 0.05) is 6.42 Å². The van der Waals surface area contributed by atoms with Crippen LogP contribution in [0.15, 0.2) is 30.3 Å². The zero-order valence-electron chi connectivity index (χ0n) is 11.6. The van der Waals surface area contributed by atoms with Crippen molar-refractivity contribution in [3.8, 4) is 5.75 Å². The van der Waals surface area contributed by atoms with E-state index in [1.807, 2.05) is 0 Å². The summed E-state index contributed by atoms with van der Waals surface area (Å²) in [6, 6.07) is 7.02. The van der Waals surface area contributed by atoms with Gasteiger partial charge in [-0.1, -0.05) is 18.2 Å². The minimum absolute atomic E-state index is 0.0714. The number of nitrogens with one attached hydrogen (secondary N) is 1. The predicted molar refractivity (Wildman–Crippen MR) is 72.9 cm³/mol. The first-order valence-electron chi connectivity index (χ1n) is 6.44. The molecule has 0 heterocycles. The first-order chi connectivity index (χ1) is 10.0. The van der Waals surface area contributed by atoms with Gasteiger partial charge < -0.3 is 19.9 Å². The molecule has 0 aliphatic rings. The van der Waals surface area contributed by atoms with Crippen LogP contribution in [0.4, 0.5) is 4.79 Å². The molecule has 1 atom stereocenters. The number of amides is 1. The van der Waals surface area contributed by atoms with E-state index in [0.717, 1.165) is 0 Å². The number of benzene rings is 1. The van der Waals surface area contributed by atoms with E-state index in [1.165, 1.54) is 0 Å². The molecule has 0 radical (unpaired) electrons. The van der Waals surface area contributed by atoms with E-state index in [2.05, 4.69) is 5.32 Å². The molecule has 2 N–H and O–H groups in total. The minimum Gasteiger partial charge on any atom is -0.480 e. The SMILES string of the molecule is CCOC(=O)CC[C@H](NC(=O)Oc1ccccc1)C(=O)O. The Morgan fingerprint density at radius 3 is 2.48 bits per heavy atom. The molecular formula is C14H17NO6. The summed E-state index contributed by atoms with van der Waals surface area (Å²) in [7, 11) is 0. The summed E-state index contributed by atoms with van der Waals surface area (Å²) in [6.07, 6.45) is -1.06. The molecule has 7 heteroatoms. The van der Waals surface area contributed by atoms with Gasteiger partial charge in [-0.15, -0.1) is 0 Å². The van der Waals surface area contributed by atoms with Crippen LogP contribution in [0.2, 0.25) is 0 Å². The van der Waals surface area contributed by atoms with Gasteiger partial charge in [0.1, 0.15) is 11.8 Å². The maximum absolute atomic E-state index is 11.6. The highest BCUT2D eigenvalue weighted by molar-refractivity contribution is 5.81. The Balaban J connectivity index is 2.48. The number of esters is 1. The van der Waals surface area contributed by atoms with E-state index in [-0.39, 0.29) is 19.4 Å². The fraction of sp³-hybridized carbons (Fsp3) is 0.357. The summed E-state index contributed by atoms with van der Waals surface area (Å²) in [5, 5.41) is 11.2. The van der Waals surface area contributed by atoms with Crippen LogP contribution in [0.1, 0.15) is 19.8 Å². The summed E-state index contributed by atoms with van der Waals surface area (Å²) in [4.78, 5) is 33.8. The number of para-hydroxylation sites is 1. The Morgan fingerprint density at radius 1 is 1.24 bits per heavy atom. The molecule has 7 nitrogen and oxygen atoms in total. The Labute approximate surface area is 121 Å². The highest BCUT2D eigenvalue weighted by atomic mass is 16.6. The fourth-order valence-electron chi connectivity index (χ4n) is 1.52. The van der Waals surface area contributed by atoms with Crippen molar-refractivity contribution in [3.05, 3.63) is 30.3 Å². The average molecular weight is 295 g/mol. The Morgan fingerprint density at radius 2 is 1.90 bits per heavy atom. The molecule has 0 bridgehead atoms. The lowest BCUT2D eigenvalue weighted by Gasteiger charge is -2.14. The van der Waals surface area contributed by atoms with Crippen LogP contribution in [0.5, 0.6) is 5.75 Å². The third-order valence-electron chi connectivity index (χ3n) is 2.49. The van der Waals surface area contributed by atoms with Gasteiger partial charge >= 0.3 is 18.0 Å². The number of hydrogen-bond acceptors (Lipinski definition) is 5. The van der Waals surface area contributed by atoms with Crippen LogP contribution < -0.4 is 10.1 Å². The first kappa shape index (κ1) is 16.5. The van der Waals surface area contributed by atoms with Crippen molar-refractivity contribution >= 4 is 18.0 Å². The van der Waals surface area contributed by atoms with Gasteiger partial charge in [0.05, 0.1) is 6.61 Å². The molecule has 114 valence electrons. The summed E-state index contributed by atoms with van der Waals surface area (Å²) in [6.45, 7) is 1.88. The van der Waals surface area contributed by atoms with Gasteiger partial charge in [-0.2, -0.15) is 0 Å². The van der Waals surface area contributed by atoms with E-state index in [4.69, 9.17) is 14.6 Å². The number of hydrogen-bond donors (Lipinski definition) is 2.